The Hall–Kier alpha value is -2.77. The zero-order valence-electron chi connectivity index (χ0n) is 16.2. The van der Waals surface area contributed by atoms with Gasteiger partial charge >= 0.3 is 0 Å². The SMILES string of the molecule is CC(C)C(=O)N1CC2C(CNc3nc(-c4ccncc4F)cc(=O)n3C)C2C1. The fourth-order valence-electron chi connectivity index (χ4n) is 4.12. The quantitative estimate of drug-likeness (QED) is 0.848. The van der Waals surface area contributed by atoms with E-state index in [1.54, 1.807) is 7.05 Å². The van der Waals surface area contributed by atoms with Gasteiger partial charge in [-0.2, -0.15) is 0 Å². The van der Waals surface area contributed by atoms with Gasteiger partial charge in [0.05, 0.1) is 11.9 Å². The smallest absolute Gasteiger partial charge is 0.255 e. The molecule has 0 spiro atoms. The van der Waals surface area contributed by atoms with Crippen LogP contribution in [0.25, 0.3) is 11.3 Å². The molecule has 1 amide bonds. The van der Waals surface area contributed by atoms with Gasteiger partial charge in [-0.1, -0.05) is 13.8 Å². The molecule has 2 aromatic heterocycles. The standard InChI is InChI=1S/C20H24FN5O2/c1-11(2)19(28)26-9-14-13(15(14)10-26)7-23-20-24-17(6-18(27)25(20)3)12-4-5-22-8-16(12)21/h4-6,8,11,13-15H,7,9-10H2,1-3H3,(H,23,24). The number of carbonyl (C=O) groups excluding carboxylic acids is 1. The number of piperidine rings is 1. The summed E-state index contributed by atoms with van der Waals surface area (Å²) in [6.45, 7) is 6.15. The lowest BCUT2D eigenvalue weighted by molar-refractivity contribution is -0.134. The molecule has 3 heterocycles. The number of carbonyl (C=O) groups is 1. The minimum absolute atomic E-state index is 0.0316. The highest BCUT2D eigenvalue weighted by molar-refractivity contribution is 5.78. The predicted octanol–water partition coefficient (Wildman–Crippen LogP) is 1.75. The molecule has 1 aliphatic carbocycles. The third kappa shape index (κ3) is 3.27. The lowest BCUT2D eigenvalue weighted by Crippen LogP contribution is -2.35. The highest BCUT2D eigenvalue weighted by atomic mass is 19.1. The third-order valence-corrected chi connectivity index (χ3v) is 5.86. The van der Waals surface area contributed by atoms with Crippen molar-refractivity contribution in [3.63, 3.8) is 0 Å². The fourth-order valence-corrected chi connectivity index (χ4v) is 4.12. The molecule has 7 nitrogen and oxygen atoms in total. The van der Waals surface area contributed by atoms with Crippen LogP contribution in [0.3, 0.4) is 0 Å². The molecule has 2 aromatic rings. The van der Waals surface area contributed by atoms with E-state index in [4.69, 9.17) is 0 Å². The Labute approximate surface area is 162 Å². The molecule has 2 fully saturated rings. The minimum Gasteiger partial charge on any atom is -0.355 e. The van der Waals surface area contributed by atoms with Gasteiger partial charge in [-0.15, -0.1) is 0 Å². The molecule has 148 valence electrons. The highest BCUT2D eigenvalue weighted by Gasteiger charge is 2.56. The Morgan fingerprint density at radius 1 is 1.36 bits per heavy atom. The summed E-state index contributed by atoms with van der Waals surface area (Å²) in [5.41, 5.74) is 0.283. The van der Waals surface area contributed by atoms with Crippen LogP contribution in [-0.2, 0) is 11.8 Å². The van der Waals surface area contributed by atoms with E-state index in [1.807, 2.05) is 18.7 Å². The van der Waals surface area contributed by atoms with Crippen molar-refractivity contribution in [1.82, 2.24) is 19.4 Å². The van der Waals surface area contributed by atoms with Crippen LogP contribution in [0.5, 0.6) is 0 Å². The molecule has 0 radical (unpaired) electrons. The Bertz CT molecular complexity index is 961. The van der Waals surface area contributed by atoms with Crippen molar-refractivity contribution >= 4 is 11.9 Å². The Morgan fingerprint density at radius 3 is 2.71 bits per heavy atom. The van der Waals surface area contributed by atoms with Crippen LogP contribution < -0.4 is 10.9 Å². The van der Waals surface area contributed by atoms with Gasteiger partial charge in [-0.05, 0) is 23.8 Å². The van der Waals surface area contributed by atoms with Gasteiger partial charge in [0.15, 0.2) is 5.82 Å². The first-order valence-corrected chi connectivity index (χ1v) is 9.57. The van der Waals surface area contributed by atoms with E-state index in [0.717, 1.165) is 19.3 Å². The summed E-state index contributed by atoms with van der Waals surface area (Å²) in [4.78, 5) is 34.5. The normalized spacial score (nSPS) is 23.0. The van der Waals surface area contributed by atoms with Crippen LogP contribution in [-0.4, -0.2) is 45.0 Å². The summed E-state index contributed by atoms with van der Waals surface area (Å²) in [6.07, 6.45) is 2.58. The molecule has 0 aromatic carbocycles. The summed E-state index contributed by atoms with van der Waals surface area (Å²) < 4.78 is 15.4. The van der Waals surface area contributed by atoms with Gasteiger partial charge in [0, 0.05) is 50.4 Å². The number of fused-ring (bicyclic) bond motifs is 1. The van der Waals surface area contributed by atoms with E-state index in [0.29, 0.717) is 30.2 Å². The number of nitrogens with zero attached hydrogens (tertiary/aromatic N) is 4. The Kier molecular flexibility index (Phi) is 4.64. The third-order valence-electron chi connectivity index (χ3n) is 5.86. The average Bonchev–Trinajstić information content (AvgIpc) is 3.11. The Balaban J connectivity index is 1.44. The van der Waals surface area contributed by atoms with Crippen molar-refractivity contribution in [3.8, 4) is 11.3 Å². The molecule has 0 bridgehead atoms. The van der Waals surface area contributed by atoms with E-state index in [2.05, 4.69) is 15.3 Å². The first kappa shape index (κ1) is 18.6. The van der Waals surface area contributed by atoms with E-state index in [1.165, 1.54) is 22.9 Å². The van der Waals surface area contributed by atoms with Gasteiger partial charge < -0.3 is 10.2 Å². The summed E-state index contributed by atoms with van der Waals surface area (Å²) in [5, 5.41) is 3.25. The molecule has 1 saturated heterocycles. The Morgan fingerprint density at radius 2 is 2.07 bits per heavy atom. The molecule has 1 saturated carbocycles. The zero-order valence-corrected chi connectivity index (χ0v) is 16.2. The van der Waals surface area contributed by atoms with Crippen LogP contribution >= 0.6 is 0 Å². The lowest BCUT2D eigenvalue weighted by Gasteiger charge is -2.22. The first-order chi connectivity index (χ1) is 13.4. The first-order valence-electron chi connectivity index (χ1n) is 9.57. The second-order valence-electron chi connectivity index (χ2n) is 7.99. The number of likely N-dealkylation sites (tertiary alicyclic amines) is 1. The number of rotatable bonds is 5. The van der Waals surface area contributed by atoms with Crippen molar-refractivity contribution in [2.75, 3.05) is 25.0 Å². The van der Waals surface area contributed by atoms with E-state index < -0.39 is 5.82 Å². The number of pyridine rings is 1. The monoisotopic (exact) mass is 385 g/mol. The van der Waals surface area contributed by atoms with Gasteiger partial charge in [0.25, 0.3) is 5.56 Å². The molecule has 4 rings (SSSR count). The molecule has 2 aliphatic rings. The maximum Gasteiger partial charge on any atom is 0.255 e. The van der Waals surface area contributed by atoms with Crippen LogP contribution in [0.2, 0.25) is 0 Å². The van der Waals surface area contributed by atoms with Gasteiger partial charge in [0.1, 0.15) is 0 Å². The van der Waals surface area contributed by atoms with E-state index in [-0.39, 0.29) is 28.6 Å². The fraction of sp³-hybridized carbons (Fsp3) is 0.500. The van der Waals surface area contributed by atoms with Crippen molar-refractivity contribution in [2.24, 2.45) is 30.7 Å². The number of amides is 1. The zero-order chi connectivity index (χ0) is 20.0. The number of hydrogen-bond donors (Lipinski definition) is 1. The predicted molar refractivity (Wildman–Crippen MR) is 103 cm³/mol. The van der Waals surface area contributed by atoms with Crippen molar-refractivity contribution in [2.45, 2.75) is 13.8 Å². The summed E-state index contributed by atoms with van der Waals surface area (Å²) in [5.74, 6) is 1.63. The summed E-state index contributed by atoms with van der Waals surface area (Å²) in [6, 6.07) is 2.83. The number of nitrogens with one attached hydrogen (secondary N) is 1. The van der Waals surface area contributed by atoms with Crippen molar-refractivity contribution in [3.05, 3.63) is 40.7 Å². The maximum absolute atomic E-state index is 14.0. The minimum atomic E-state index is -0.513. The van der Waals surface area contributed by atoms with Crippen molar-refractivity contribution in [1.29, 1.82) is 0 Å². The molecule has 28 heavy (non-hydrogen) atoms. The average molecular weight is 385 g/mol. The molecular weight excluding hydrogens is 361 g/mol. The van der Waals surface area contributed by atoms with Crippen molar-refractivity contribution < 1.29 is 9.18 Å². The van der Waals surface area contributed by atoms with Gasteiger partial charge in [-0.25, -0.2) is 9.37 Å². The van der Waals surface area contributed by atoms with Gasteiger partial charge in [-0.3, -0.25) is 19.1 Å². The van der Waals surface area contributed by atoms with Crippen LogP contribution in [0.4, 0.5) is 10.3 Å². The number of anilines is 1. The molecule has 2 atom stereocenters. The largest absolute Gasteiger partial charge is 0.355 e. The molecule has 1 N–H and O–H groups in total. The lowest BCUT2D eigenvalue weighted by atomic mass is 10.1. The van der Waals surface area contributed by atoms with E-state index in [9.17, 15) is 14.0 Å². The summed E-state index contributed by atoms with van der Waals surface area (Å²) >= 11 is 0. The molecule has 1 aliphatic heterocycles. The van der Waals surface area contributed by atoms with E-state index >= 15 is 0 Å². The molecular formula is C20H24FN5O2. The van der Waals surface area contributed by atoms with Crippen LogP contribution in [0, 0.1) is 29.5 Å². The molecule has 2 unspecified atom stereocenters. The van der Waals surface area contributed by atoms with Gasteiger partial charge in [0.2, 0.25) is 11.9 Å². The number of hydrogen-bond acceptors (Lipinski definition) is 5. The molecule has 8 heteroatoms. The topological polar surface area (TPSA) is 80.1 Å². The maximum atomic E-state index is 14.0. The second-order valence-corrected chi connectivity index (χ2v) is 7.99. The second kappa shape index (κ2) is 7.00. The number of aromatic nitrogens is 3. The van der Waals surface area contributed by atoms with Crippen LogP contribution in [0.15, 0.2) is 29.3 Å². The highest BCUT2D eigenvalue weighted by Crippen LogP contribution is 2.51. The van der Waals surface area contributed by atoms with Crippen LogP contribution in [0.1, 0.15) is 13.8 Å². The summed E-state index contributed by atoms with van der Waals surface area (Å²) in [7, 11) is 1.64. The number of halogens is 1.